The SMILES string of the molecule is N#CCCc1ccn[c]c1-c1ccccc1O. The van der Waals surface area contributed by atoms with Crippen LogP contribution in [0.4, 0.5) is 0 Å². The zero-order chi connectivity index (χ0) is 12.1. The predicted molar refractivity (Wildman–Crippen MR) is 64.1 cm³/mol. The van der Waals surface area contributed by atoms with E-state index >= 15 is 0 Å². The third-order valence-corrected chi connectivity index (χ3v) is 2.53. The van der Waals surface area contributed by atoms with Crippen LogP contribution in [0.2, 0.25) is 0 Å². The van der Waals surface area contributed by atoms with Crippen molar-refractivity contribution in [2.24, 2.45) is 0 Å². The molecule has 0 unspecified atom stereocenters. The Bertz CT molecular complexity index is 558. The highest BCUT2D eigenvalue weighted by molar-refractivity contribution is 5.71. The van der Waals surface area contributed by atoms with Gasteiger partial charge in [0.15, 0.2) is 0 Å². The van der Waals surface area contributed by atoms with Crippen LogP contribution in [0.15, 0.2) is 36.5 Å². The Morgan fingerprint density at radius 3 is 2.88 bits per heavy atom. The first-order chi connectivity index (χ1) is 8.33. The fourth-order valence-electron chi connectivity index (χ4n) is 1.70. The summed E-state index contributed by atoms with van der Waals surface area (Å²) >= 11 is 0. The molecule has 0 saturated heterocycles. The first-order valence-corrected chi connectivity index (χ1v) is 5.34. The van der Waals surface area contributed by atoms with Gasteiger partial charge >= 0.3 is 0 Å². The molecule has 2 aromatic rings. The fourth-order valence-corrected chi connectivity index (χ4v) is 1.70. The maximum absolute atomic E-state index is 9.80. The summed E-state index contributed by atoms with van der Waals surface area (Å²) in [4.78, 5) is 3.95. The van der Waals surface area contributed by atoms with Crippen LogP contribution < -0.4 is 0 Å². The van der Waals surface area contributed by atoms with E-state index in [1.807, 2.05) is 18.2 Å². The first kappa shape index (κ1) is 11.2. The molecule has 0 atom stereocenters. The number of hydrogen-bond acceptors (Lipinski definition) is 3. The second-order valence-electron chi connectivity index (χ2n) is 3.63. The van der Waals surface area contributed by atoms with Crippen LogP contribution >= 0.6 is 0 Å². The molecule has 2 rings (SSSR count). The van der Waals surface area contributed by atoms with Crippen molar-refractivity contribution >= 4 is 0 Å². The molecule has 0 aliphatic heterocycles. The maximum atomic E-state index is 9.80. The zero-order valence-corrected chi connectivity index (χ0v) is 9.22. The Balaban J connectivity index is 2.45. The molecule has 83 valence electrons. The lowest BCUT2D eigenvalue weighted by Gasteiger charge is -2.08. The van der Waals surface area contributed by atoms with E-state index in [4.69, 9.17) is 5.26 Å². The number of nitriles is 1. The highest BCUT2D eigenvalue weighted by atomic mass is 16.3. The summed E-state index contributed by atoms with van der Waals surface area (Å²) in [5.41, 5.74) is 2.44. The van der Waals surface area contributed by atoms with Crippen LogP contribution in [0.5, 0.6) is 5.75 Å². The van der Waals surface area contributed by atoms with Crippen molar-refractivity contribution in [1.82, 2.24) is 4.98 Å². The van der Waals surface area contributed by atoms with E-state index in [-0.39, 0.29) is 5.75 Å². The summed E-state index contributed by atoms with van der Waals surface area (Å²) in [6, 6.07) is 11.0. The maximum Gasteiger partial charge on any atom is 0.123 e. The third kappa shape index (κ3) is 2.43. The van der Waals surface area contributed by atoms with Crippen molar-refractivity contribution < 1.29 is 5.11 Å². The highest BCUT2D eigenvalue weighted by Gasteiger charge is 2.08. The van der Waals surface area contributed by atoms with Gasteiger partial charge < -0.3 is 5.11 Å². The smallest absolute Gasteiger partial charge is 0.123 e. The number of para-hydroxylation sites is 1. The summed E-state index contributed by atoms with van der Waals surface area (Å²) in [6.07, 6.45) is 5.61. The third-order valence-electron chi connectivity index (χ3n) is 2.53. The average molecular weight is 223 g/mol. The standard InChI is InChI=1S/C14H11N2O/c15-8-3-4-11-7-9-16-10-13(11)12-5-1-2-6-14(12)17/h1-2,5-7,9,17H,3-4H2. The minimum Gasteiger partial charge on any atom is -0.507 e. The Kier molecular flexibility index (Phi) is 3.37. The van der Waals surface area contributed by atoms with E-state index in [2.05, 4.69) is 17.3 Å². The van der Waals surface area contributed by atoms with Crippen molar-refractivity contribution in [3.8, 4) is 22.9 Å². The second kappa shape index (κ2) is 5.13. The van der Waals surface area contributed by atoms with Gasteiger partial charge in [-0.1, -0.05) is 18.2 Å². The van der Waals surface area contributed by atoms with Crippen molar-refractivity contribution in [1.29, 1.82) is 5.26 Å². The molecule has 0 amide bonds. The molecule has 0 fully saturated rings. The number of phenolic OH excluding ortho intramolecular Hbond substituents is 1. The molecule has 1 aromatic carbocycles. The lowest BCUT2D eigenvalue weighted by Crippen LogP contribution is -1.91. The number of hydrogen-bond donors (Lipinski definition) is 1. The number of phenols is 1. The van der Waals surface area contributed by atoms with Crippen LogP contribution in [-0.2, 0) is 6.42 Å². The highest BCUT2D eigenvalue weighted by Crippen LogP contribution is 2.30. The van der Waals surface area contributed by atoms with E-state index in [1.54, 1.807) is 18.3 Å². The molecule has 1 aromatic heterocycles. The van der Waals surface area contributed by atoms with Gasteiger partial charge in [-0.2, -0.15) is 5.26 Å². The number of rotatable bonds is 3. The Morgan fingerprint density at radius 2 is 2.12 bits per heavy atom. The number of nitrogens with zero attached hydrogens (tertiary/aromatic N) is 2. The average Bonchev–Trinajstić information content (AvgIpc) is 2.37. The molecular weight excluding hydrogens is 212 g/mol. The zero-order valence-electron chi connectivity index (χ0n) is 9.22. The molecule has 0 saturated carbocycles. The number of aryl methyl sites for hydroxylation is 1. The van der Waals surface area contributed by atoms with Gasteiger partial charge in [-0.05, 0) is 24.1 Å². The quantitative estimate of drug-likeness (QED) is 0.870. The van der Waals surface area contributed by atoms with Crippen LogP contribution in [0.25, 0.3) is 11.1 Å². The van der Waals surface area contributed by atoms with Crippen LogP contribution in [-0.4, -0.2) is 10.1 Å². The molecule has 0 spiro atoms. The summed E-state index contributed by atoms with van der Waals surface area (Å²) in [5, 5.41) is 18.4. The van der Waals surface area contributed by atoms with E-state index in [1.165, 1.54) is 0 Å². The minimum absolute atomic E-state index is 0.204. The fraction of sp³-hybridized carbons (Fsp3) is 0.143. The summed E-state index contributed by atoms with van der Waals surface area (Å²) in [7, 11) is 0. The molecule has 1 radical (unpaired) electrons. The molecule has 1 heterocycles. The summed E-state index contributed by atoms with van der Waals surface area (Å²) in [6.45, 7) is 0. The Morgan fingerprint density at radius 1 is 1.29 bits per heavy atom. The van der Waals surface area contributed by atoms with Gasteiger partial charge in [0.25, 0.3) is 0 Å². The summed E-state index contributed by atoms with van der Waals surface area (Å²) in [5.74, 6) is 0.204. The summed E-state index contributed by atoms with van der Waals surface area (Å²) < 4.78 is 0. The van der Waals surface area contributed by atoms with Gasteiger partial charge in [0, 0.05) is 23.7 Å². The lowest BCUT2D eigenvalue weighted by atomic mass is 9.98. The van der Waals surface area contributed by atoms with Gasteiger partial charge in [0.2, 0.25) is 0 Å². The molecule has 3 heteroatoms. The second-order valence-corrected chi connectivity index (χ2v) is 3.63. The van der Waals surface area contributed by atoms with Crippen LogP contribution in [0.3, 0.4) is 0 Å². The largest absolute Gasteiger partial charge is 0.507 e. The predicted octanol–water partition coefficient (Wildman–Crippen LogP) is 2.71. The van der Waals surface area contributed by atoms with Crippen molar-refractivity contribution in [2.75, 3.05) is 0 Å². The van der Waals surface area contributed by atoms with Gasteiger partial charge in [-0.3, -0.25) is 4.98 Å². The number of pyridine rings is 1. The molecule has 1 N–H and O–H groups in total. The van der Waals surface area contributed by atoms with Gasteiger partial charge in [-0.15, -0.1) is 0 Å². The monoisotopic (exact) mass is 223 g/mol. The Hall–Kier alpha value is -2.34. The van der Waals surface area contributed by atoms with Gasteiger partial charge in [0.05, 0.1) is 12.3 Å². The number of aromatic hydroxyl groups is 1. The normalized spacial score (nSPS) is 9.82. The van der Waals surface area contributed by atoms with Crippen molar-refractivity contribution in [3.63, 3.8) is 0 Å². The van der Waals surface area contributed by atoms with Gasteiger partial charge in [0.1, 0.15) is 5.75 Å². The van der Waals surface area contributed by atoms with E-state index in [0.29, 0.717) is 18.4 Å². The minimum atomic E-state index is 0.204. The van der Waals surface area contributed by atoms with Gasteiger partial charge in [-0.25, -0.2) is 0 Å². The number of benzene rings is 1. The van der Waals surface area contributed by atoms with E-state index in [0.717, 1.165) is 11.1 Å². The van der Waals surface area contributed by atoms with E-state index < -0.39 is 0 Å². The molecule has 0 aliphatic carbocycles. The van der Waals surface area contributed by atoms with Crippen LogP contribution in [0.1, 0.15) is 12.0 Å². The number of aromatic nitrogens is 1. The molecule has 3 nitrogen and oxygen atoms in total. The molecular formula is C14H11N2O. The van der Waals surface area contributed by atoms with Crippen LogP contribution in [0, 0.1) is 17.5 Å². The topological polar surface area (TPSA) is 56.9 Å². The first-order valence-electron chi connectivity index (χ1n) is 5.34. The molecule has 17 heavy (non-hydrogen) atoms. The lowest BCUT2D eigenvalue weighted by molar-refractivity contribution is 0.477. The molecule has 0 aliphatic rings. The van der Waals surface area contributed by atoms with E-state index in [9.17, 15) is 5.11 Å². The molecule has 0 bridgehead atoms. The van der Waals surface area contributed by atoms with Crippen molar-refractivity contribution in [3.05, 3.63) is 48.3 Å². The van der Waals surface area contributed by atoms with Crippen molar-refractivity contribution in [2.45, 2.75) is 12.8 Å². The Labute approximate surface area is 100.0 Å².